The Bertz CT molecular complexity index is 1380. The zero-order chi connectivity index (χ0) is 20.5. The van der Waals surface area contributed by atoms with Crippen molar-refractivity contribution in [2.75, 3.05) is 0 Å². The van der Waals surface area contributed by atoms with E-state index in [1.165, 1.54) is 0 Å². The number of benzene rings is 3. The average molecular weight is 393 g/mol. The molecule has 0 bridgehead atoms. The van der Waals surface area contributed by atoms with Gasteiger partial charge in [-0.2, -0.15) is 0 Å². The zero-order valence-electron chi connectivity index (χ0n) is 16.4. The number of para-hydroxylation sites is 1. The standard InChI is InChI=1S/C25H19N3O2/c1-16-13-18(30-28-16)15-26-25(29)22-14-24(27-23-12-5-4-10-21(22)23)20-11-6-8-17-7-2-3-9-19(17)20/h2-14H,15H2,1H3,(H,26,29). The van der Waals surface area contributed by atoms with Gasteiger partial charge < -0.3 is 9.84 Å². The van der Waals surface area contributed by atoms with Gasteiger partial charge in [0.25, 0.3) is 5.91 Å². The Morgan fingerprint density at radius 2 is 1.70 bits per heavy atom. The second kappa shape index (κ2) is 7.44. The summed E-state index contributed by atoms with van der Waals surface area (Å²) in [5, 5.41) is 9.85. The van der Waals surface area contributed by atoms with Gasteiger partial charge in [0.05, 0.1) is 29.0 Å². The summed E-state index contributed by atoms with van der Waals surface area (Å²) < 4.78 is 5.20. The van der Waals surface area contributed by atoms with Crippen LogP contribution in [0, 0.1) is 6.92 Å². The minimum Gasteiger partial charge on any atom is -0.359 e. The van der Waals surface area contributed by atoms with Gasteiger partial charge in [0.1, 0.15) is 0 Å². The van der Waals surface area contributed by atoms with Gasteiger partial charge in [-0.1, -0.05) is 65.8 Å². The molecular formula is C25H19N3O2. The highest BCUT2D eigenvalue weighted by atomic mass is 16.5. The third-order valence-corrected chi connectivity index (χ3v) is 5.13. The number of carbonyl (C=O) groups is 1. The second-order valence-electron chi connectivity index (χ2n) is 7.22. The zero-order valence-corrected chi connectivity index (χ0v) is 16.4. The van der Waals surface area contributed by atoms with Crippen LogP contribution in [0.2, 0.25) is 0 Å². The average Bonchev–Trinajstić information content (AvgIpc) is 3.21. The molecule has 2 heterocycles. The van der Waals surface area contributed by atoms with Crippen molar-refractivity contribution in [1.82, 2.24) is 15.5 Å². The molecule has 5 aromatic rings. The fourth-order valence-corrected chi connectivity index (χ4v) is 3.71. The third-order valence-electron chi connectivity index (χ3n) is 5.13. The maximum absolute atomic E-state index is 13.1. The van der Waals surface area contributed by atoms with Crippen LogP contribution in [0.3, 0.4) is 0 Å². The van der Waals surface area contributed by atoms with E-state index < -0.39 is 0 Å². The molecule has 0 aliphatic rings. The Hall–Kier alpha value is -3.99. The number of nitrogens with one attached hydrogen (secondary N) is 1. The van der Waals surface area contributed by atoms with Crippen LogP contribution in [-0.4, -0.2) is 16.0 Å². The predicted octanol–water partition coefficient (Wildman–Crippen LogP) is 5.28. The van der Waals surface area contributed by atoms with Gasteiger partial charge in [-0.05, 0) is 29.8 Å². The van der Waals surface area contributed by atoms with Crippen LogP contribution in [0.25, 0.3) is 32.9 Å². The van der Waals surface area contributed by atoms with E-state index in [-0.39, 0.29) is 12.5 Å². The fraction of sp³-hybridized carbons (Fsp3) is 0.0800. The highest BCUT2D eigenvalue weighted by Crippen LogP contribution is 2.30. The van der Waals surface area contributed by atoms with Crippen LogP contribution >= 0.6 is 0 Å². The van der Waals surface area contributed by atoms with Gasteiger partial charge in [0.2, 0.25) is 0 Å². The van der Waals surface area contributed by atoms with E-state index in [1.54, 1.807) is 0 Å². The van der Waals surface area contributed by atoms with Crippen LogP contribution in [0.5, 0.6) is 0 Å². The second-order valence-corrected chi connectivity index (χ2v) is 7.22. The molecule has 1 amide bonds. The summed E-state index contributed by atoms with van der Waals surface area (Å²) >= 11 is 0. The summed E-state index contributed by atoms with van der Waals surface area (Å²) in [5.41, 5.74) is 3.92. The maximum atomic E-state index is 13.1. The summed E-state index contributed by atoms with van der Waals surface area (Å²) in [7, 11) is 0. The molecule has 0 spiro atoms. The molecule has 3 aromatic carbocycles. The fourth-order valence-electron chi connectivity index (χ4n) is 3.71. The van der Waals surface area contributed by atoms with Crippen molar-refractivity contribution < 1.29 is 9.32 Å². The van der Waals surface area contributed by atoms with Gasteiger partial charge >= 0.3 is 0 Å². The van der Waals surface area contributed by atoms with Crippen molar-refractivity contribution in [2.24, 2.45) is 0 Å². The van der Waals surface area contributed by atoms with Crippen LogP contribution in [0.15, 0.2) is 83.4 Å². The van der Waals surface area contributed by atoms with Gasteiger partial charge in [0.15, 0.2) is 5.76 Å². The molecule has 0 fully saturated rings. The van der Waals surface area contributed by atoms with E-state index in [9.17, 15) is 4.79 Å². The third kappa shape index (κ3) is 3.31. The van der Waals surface area contributed by atoms with E-state index >= 15 is 0 Å². The Kier molecular flexibility index (Phi) is 4.48. The van der Waals surface area contributed by atoms with E-state index in [0.29, 0.717) is 11.3 Å². The molecule has 5 rings (SSSR count). The number of hydrogen-bond donors (Lipinski definition) is 1. The quantitative estimate of drug-likeness (QED) is 0.451. The van der Waals surface area contributed by atoms with Crippen LogP contribution in [0.4, 0.5) is 0 Å². The highest BCUT2D eigenvalue weighted by molar-refractivity contribution is 6.08. The smallest absolute Gasteiger partial charge is 0.252 e. The topological polar surface area (TPSA) is 68.0 Å². The molecule has 30 heavy (non-hydrogen) atoms. The summed E-state index contributed by atoms with van der Waals surface area (Å²) in [5.74, 6) is 0.442. The number of hydrogen-bond acceptors (Lipinski definition) is 4. The Morgan fingerprint density at radius 1 is 0.933 bits per heavy atom. The normalized spacial score (nSPS) is 11.1. The van der Waals surface area contributed by atoms with E-state index in [1.807, 2.05) is 67.6 Å². The summed E-state index contributed by atoms with van der Waals surface area (Å²) in [4.78, 5) is 17.9. The SMILES string of the molecule is Cc1cc(CNC(=O)c2cc(-c3cccc4ccccc34)nc3ccccc23)on1. The summed E-state index contributed by atoms with van der Waals surface area (Å²) in [6.45, 7) is 2.13. The van der Waals surface area contributed by atoms with E-state index in [2.05, 4.69) is 28.7 Å². The minimum atomic E-state index is -0.177. The molecule has 1 N–H and O–H groups in total. The molecule has 0 aliphatic carbocycles. The molecule has 0 radical (unpaired) electrons. The molecular weight excluding hydrogens is 374 g/mol. The Morgan fingerprint density at radius 3 is 2.53 bits per heavy atom. The number of carbonyl (C=O) groups excluding carboxylic acids is 1. The van der Waals surface area contributed by atoms with Crippen molar-refractivity contribution in [2.45, 2.75) is 13.5 Å². The van der Waals surface area contributed by atoms with Crippen LogP contribution < -0.4 is 5.32 Å². The minimum absolute atomic E-state index is 0.177. The highest BCUT2D eigenvalue weighted by Gasteiger charge is 2.15. The lowest BCUT2D eigenvalue weighted by atomic mass is 9.99. The van der Waals surface area contributed by atoms with Crippen molar-refractivity contribution >= 4 is 27.6 Å². The lowest BCUT2D eigenvalue weighted by Crippen LogP contribution is -2.23. The summed E-state index contributed by atoms with van der Waals surface area (Å²) in [6, 6.07) is 25.7. The van der Waals surface area contributed by atoms with Crippen molar-refractivity contribution in [1.29, 1.82) is 0 Å². The van der Waals surface area contributed by atoms with Crippen molar-refractivity contribution in [3.8, 4) is 11.3 Å². The molecule has 146 valence electrons. The number of aromatic nitrogens is 2. The van der Waals surface area contributed by atoms with Crippen molar-refractivity contribution in [3.63, 3.8) is 0 Å². The molecule has 0 unspecified atom stereocenters. The summed E-state index contributed by atoms with van der Waals surface area (Å²) in [6.07, 6.45) is 0. The molecule has 0 aliphatic heterocycles. The number of pyridine rings is 1. The van der Waals surface area contributed by atoms with Gasteiger partial charge in [-0.3, -0.25) is 4.79 Å². The monoisotopic (exact) mass is 393 g/mol. The van der Waals surface area contributed by atoms with Crippen LogP contribution in [0.1, 0.15) is 21.8 Å². The molecule has 5 nitrogen and oxygen atoms in total. The molecule has 5 heteroatoms. The molecule has 0 saturated carbocycles. The number of nitrogens with zero attached hydrogens (tertiary/aromatic N) is 2. The Balaban J connectivity index is 1.60. The van der Waals surface area contributed by atoms with Gasteiger partial charge in [-0.15, -0.1) is 0 Å². The first-order chi connectivity index (χ1) is 14.7. The Labute approximate surface area is 173 Å². The first-order valence-electron chi connectivity index (χ1n) is 9.77. The van der Waals surface area contributed by atoms with Crippen LogP contribution in [-0.2, 0) is 6.54 Å². The van der Waals surface area contributed by atoms with Gasteiger partial charge in [-0.25, -0.2) is 4.98 Å². The van der Waals surface area contributed by atoms with Crippen molar-refractivity contribution in [3.05, 3.63) is 95.9 Å². The number of rotatable bonds is 4. The maximum Gasteiger partial charge on any atom is 0.252 e. The molecule has 2 aromatic heterocycles. The molecule has 0 saturated heterocycles. The lowest BCUT2D eigenvalue weighted by molar-refractivity contribution is 0.0948. The number of fused-ring (bicyclic) bond motifs is 2. The number of amides is 1. The first-order valence-corrected chi connectivity index (χ1v) is 9.77. The lowest BCUT2D eigenvalue weighted by Gasteiger charge is -2.11. The number of aryl methyl sites for hydroxylation is 1. The molecule has 0 atom stereocenters. The van der Waals surface area contributed by atoms with E-state index in [4.69, 9.17) is 9.51 Å². The predicted molar refractivity (Wildman–Crippen MR) is 117 cm³/mol. The largest absolute Gasteiger partial charge is 0.359 e. The first kappa shape index (κ1) is 18.1. The van der Waals surface area contributed by atoms with E-state index in [0.717, 1.165) is 38.6 Å². The van der Waals surface area contributed by atoms with Gasteiger partial charge in [0, 0.05) is 17.0 Å².